The van der Waals surface area contributed by atoms with Gasteiger partial charge in [0.2, 0.25) is 5.91 Å². The molecule has 1 amide bonds. The predicted molar refractivity (Wildman–Crippen MR) is 140 cm³/mol. The highest BCUT2D eigenvalue weighted by Crippen LogP contribution is 2.29. The summed E-state index contributed by atoms with van der Waals surface area (Å²) < 4.78 is 1.17. The second-order valence-electron chi connectivity index (χ2n) is 7.00. The number of aliphatic hydroxyl groups excluding tert-OH is 1. The molecule has 1 aromatic heterocycles. The van der Waals surface area contributed by atoms with Crippen LogP contribution in [0.15, 0.2) is 59.6 Å². The van der Waals surface area contributed by atoms with Crippen molar-refractivity contribution in [3.05, 3.63) is 65.0 Å². The summed E-state index contributed by atoms with van der Waals surface area (Å²) in [4.78, 5) is 16.8. The van der Waals surface area contributed by atoms with Crippen LogP contribution < -0.4 is 16.0 Å². The molecule has 0 aliphatic rings. The molecule has 0 fully saturated rings. The molecule has 8 heteroatoms. The molecule has 1 heterocycles. The summed E-state index contributed by atoms with van der Waals surface area (Å²) in [5, 5.41) is 21.0. The number of hydrogen-bond donors (Lipinski definition) is 4. The highest BCUT2D eigenvalue weighted by Gasteiger charge is 2.12. The lowest BCUT2D eigenvalue weighted by molar-refractivity contribution is -0.116. The molecule has 3 rings (SSSR count). The normalized spacial score (nSPS) is 12.2. The highest BCUT2D eigenvalue weighted by atomic mass is 127. The average Bonchev–Trinajstić information content (AvgIpc) is 3.19. The Kier molecular flexibility index (Phi) is 10.2. The van der Waals surface area contributed by atoms with Crippen molar-refractivity contribution >= 4 is 63.0 Å². The number of guanidine groups is 1. The minimum atomic E-state index is -0.605. The molecule has 0 radical (unpaired) electrons. The van der Waals surface area contributed by atoms with Gasteiger partial charge in [0.25, 0.3) is 0 Å². The number of benzene rings is 2. The van der Waals surface area contributed by atoms with Gasteiger partial charge in [0.1, 0.15) is 6.10 Å². The summed E-state index contributed by atoms with van der Waals surface area (Å²) in [6, 6.07) is 17.9. The van der Waals surface area contributed by atoms with Gasteiger partial charge in [-0.3, -0.25) is 9.79 Å². The minimum Gasteiger partial charge on any atom is -0.386 e. The van der Waals surface area contributed by atoms with E-state index in [2.05, 4.69) is 33.1 Å². The van der Waals surface area contributed by atoms with Gasteiger partial charge in [-0.25, -0.2) is 0 Å². The zero-order valence-electron chi connectivity index (χ0n) is 17.7. The van der Waals surface area contributed by atoms with Crippen molar-refractivity contribution in [2.45, 2.75) is 32.4 Å². The van der Waals surface area contributed by atoms with Crippen molar-refractivity contribution in [2.75, 3.05) is 18.9 Å². The number of anilines is 1. The van der Waals surface area contributed by atoms with Crippen molar-refractivity contribution in [1.82, 2.24) is 10.6 Å². The second kappa shape index (κ2) is 12.6. The topological polar surface area (TPSA) is 85.8 Å². The number of thiophene rings is 1. The van der Waals surface area contributed by atoms with E-state index in [0.29, 0.717) is 25.5 Å². The fourth-order valence-corrected chi connectivity index (χ4v) is 4.07. The first-order valence-corrected chi connectivity index (χ1v) is 10.9. The second-order valence-corrected chi connectivity index (χ2v) is 8.12. The maximum Gasteiger partial charge on any atom is 0.224 e. The standard InChI is InChI=1S/C23H28N4O2S.HI/c1-3-6-22(29)27-18-11-9-16(10-12-18)14-25-23(24-2)26-15-19(28)21-13-17-7-4-5-8-20(17)30-21;/h4-5,7-13,19,28H,3,6,14-15H2,1-2H3,(H,27,29)(H2,24,25,26);1H. The first-order chi connectivity index (χ1) is 14.6. The molecule has 2 aromatic carbocycles. The molecule has 1 atom stereocenters. The summed E-state index contributed by atoms with van der Waals surface area (Å²) in [6.45, 7) is 2.94. The van der Waals surface area contributed by atoms with E-state index in [1.807, 2.05) is 49.4 Å². The van der Waals surface area contributed by atoms with Crippen LogP contribution in [0.4, 0.5) is 5.69 Å². The summed E-state index contributed by atoms with van der Waals surface area (Å²) in [6.07, 6.45) is 0.753. The lowest BCUT2D eigenvalue weighted by Gasteiger charge is -2.15. The fraction of sp³-hybridized carbons (Fsp3) is 0.304. The van der Waals surface area contributed by atoms with Crippen molar-refractivity contribution < 1.29 is 9.90 Å². The molecule has 0 aliphatic carbocycles. The average molecular weight is 552 g/mol. The summed E-state index contributed by atoms with van der Waals surface area (Å²) in [5.41, 5.74) is 1.86. The Hall–Kier alpha value is -2.17. The first-order valence-electron chi connectivity index (χ1n) is 10.1. The first kappa shape index (κ1) is 25.1. The summed E-state index contributed by atoms with van der Waals surface area (Å²) in [5.74, 6) is 0.653. The number of hydrogen-bond acceptors (Lipinski definition) is 4. The highest BCUT2D eigenvalue weighted by molar-refractivity contribution is 14.0. The van der Waals surface area contributed by atoms with Crippen LogP contribution in [0, 0.1) is 0 Å². The Balaban J connectivity index is 0.00000341. The van der Waals surface area contributed by atoms with Crippen molar-refractivity contribution in [1.29, 1.82) is 0 Å². The number of fused-ring (bicyclic) bond motifs is 1. The minimum absolute atomic E-state index is 0. The Labute approximate surface area is 204 Å². The van der Waals surface area contributed by atoms with Crippen molar-refractivity contribution in [3.8, 4) is 0 Å². The van der Waals surface area contributed by atoms with E-state index in [4.69, 9.17) is 0 Å². The Bertz CT molecular complexity index is 971. The van der Waals surface area contributed by atoms with E-state index in [9.17, 15) is 9.90 Å². The van der Waals surface area contributed by atoms with Gasteiger partial charge in [-0.2, -0.15) is 0 Å². The molecule has 0 bridgehead atoms. The molecule has 0 saturated carbocycles. The number of carbonyl (C=O) groups excluding carboxylic acids is 1. The zero-order chi connectivity index (χ0) is 21.3. The maximum absolute atomic E-state index is 11.7. The van der Waals surface area contributed by atoms with E-state index in [1.54, 1.807) is 18.4 Å². The van der Waals surface area contributed by atoms with Gasteiger partial charge >= 0.3 is 0 Å². The van der Waals surface area contributed by atoms with Gasteiger partial charge in [-0.1, -0.05) is 37.3 Å². The van der Waals surface area contributed by atoms with Gasteiger partial charge in [0, 0.05) is 41.8 Å². The largest absolute Gasteiger partial charge is 0.386 e. The Morgan fingerprint density at radius 1 is 1.13 bits per heavy atom. The SMILES string of the molecule is CCCC(=O)Nc1ccc(CNC(=NC)NCC(O)c2cc3ccccc3s2)cc1.I. The molecule has 0 saturated heterocycles. The molecule has 166 valence electrons. The van der Waals surface area contributed by atoms with Gasteiger partial charge in [0.15, 0.2) is 5.96 Å². The van der Waals surface area contributed by atoms with Gasteiger partial charge in [-0.05, 0) is 41.6 Å². The molecular weight excluding hydrogens is 523 g/mol. The molecule has 3 aromatic rings. The molecule has 31 heavy (non-hydrogen) atoms. The molecular formula is C23H29IN4O2S. The summed E-state index contributed by atoms with van der Waals surface area (Å²) >= 11 is 1.60. The van der Waals surface area contributed by atoms with Gasteiger partial charge < -0.3 is 21.1 Å². The lowest BCUT2D eigenvalue weighted by Crippen LogP contribution is -2.38. The van der Waals surface area contributed by atoms with Crippen LogP contribution in [0.1, 0.15) is 36.3 Å². The van der Waals surface area contributed by atoms with Gasteiger partial charge in [0.05, 0.1) is 0 Å². The third-order valence-electron chi connectivity index (χ3n) is 4.63. The number of rotatable bonds is 8. The maximum atomic E-state index is 11.7. The fourth-order valence-electron chi connectivity index (χ4n) is 3.02. The zero-order valence-corrected chi connectivity index (χ0v) is 20.9. The van der Waals surface area contributed by atoms with Crippen LogP contribution in [-0.4, -0.2) is 30.6 Å². The molecule has 1 unspecified atom stereocenters. The lowest BCUT2D eigenvalue weighted by atomic mass is 10.2. The Morgan fingerprint density at radius 2 is 1.87 bits per heavy atom. The quantitative estimate of drug-likeness (QED) is 0.186. The van der Waals surface area contributed by atoms with Gasteiger partial charge in [-0.15, -0.1) is 35.3 Å². The van der Waals surface area contributed by atoms with Crippen molar-refractivity contribution in [2.24, 2.45) is 4.99 Å². The van der Waals surface area contributed by atoms with Crippen LogP contribution in [0.3, 0.4) is 0 Å². The van der Waals surface area contributed by atoms with E-state index < -0.39 is 6.10 Å². The van der Waals surface area contributed by atoms with E-state index >= 15 is 0 Å². The molecule has 0 aliphatic heterocycles. The van der Waals surface area contributed by atoms with E-state index in [1.165, 1.54) is 4.70 Å². The number of nitrogens with one attached hydrogen (secondary N) is 3. The number of aliphatic hydroxyl groups is 1. The van der Waals surface area contributed by atoms with Crippen LogP contribution >= 0.6 is 35.3 Å². The summed E-state index contributed by atoms with van der Waals surface area (Å²) in [7, 11) is 1.70. The van der Waals surface area contributed by atoms with Crippen LogP contribution in [0.2, 0.25) is 0 Å². The number of carbonyl (C=O) groups is 1. The molecule has 6 nitrogen and oxygen atoms in total. The van der Waals surface area contributed by atoms with E-state index in [0.717, 1.165) is 27.9 Å². The number of amides is 1. The molecule has 4 N–H and O–H groups in total. The smallest absolute Gasteiger partial charge is 0.224 e. The molecule has 0 spiro atoms. The van der Waals surface area contributed by atoms with Crippen LogP contribution in [-0.2, 0) is 11.3 Å². The van der Waals surface area contributed by atoms with Crippen LogP contribution in [0.5, 0.6) is 0 Å². The number of nitrogens with zero attached hydrogens (tertiary/aromatic N) is 1. The van der Waals surface area contributed by atoms with E-state index in [-0.39, 0.29) is 29.9 Å². The predicted octanol–water partition coefficient (Wildman–Crippen LogP) is 4.66. The third kappa shape index (κ3) is 7.48. The van der Waals surface area contributed by atoms with Crippen molar-refractivity contribution in [3.63, 3.8) is 0 Å². The third-order valence-corrected chi connectivity index (χ3v) is 5.85. The number of halogens is 1. The number of aliphatic imine (C=N–C) groups is 1. The Morgan fingerprint density at radius 3 is 2.55 bits per heavy atom. The van der Waals surface area contributed by atoms with Crippen LogP contribution in [0.25, 0.3) is 10.1 Å². The monoisotopic (exact) mass is 552 g/mol.